The number of rotatable bonds is 3. The van der Waals surface area contributed by atoms with Gasteiger partial charge in [0.05, 0.1) is 15.7 Å². The molecule has 0 fully saturated rings. The van der Waals surface area contributed by atoms with E-state index in [1.165, 1.54) is 0 Å². The highest BCUT2D eigenvalue weighted by atomic mass is 35.5. The van der Waals surface area contributed by atoms with Crippen LogP contribution in [0.2, 0.25) is 15.1 Å². The Morgan fingerprint density at radius 3 is 2.07 bits per heavy atom. The number of hydrogen-bond acceptors (Lipinski definition) is 1. The summed E-state index contributed by atoms with van der Waals surface area (Å²) in [6, 6.07) is 3.36. The summed E-state index contributed by atoms with van der Waals surface area (Å²) in [7, 11) is 0. The van der Waals surface area contributed by atoms with Crippen molar-refractivity contribution >= 4 is 40.5 Å². The van der Waals surface area contributed by atoms with Crippen molar-refractivity contribution < 1.29 is 0 Å². The molecule has 0 saturated carbocycles. The fourth-order valence-electron chi connectivity index (χ4n) is 1.02. The zero-order valence-electron chi connectivity index (χ0n) is 8.07. The van der Waals surface area contributed by atoms with Crippen LogP contribution in [-0.4, -0.2) is 6.54 Å². The molecule has 78 valence electrons. The lowest BCUT2D eigenvalue weighted by Gasteiger charge is -2.12. The van der Waals surface area contributed by atoms with Crippen molar-refractivity contribution in [2.45, 2.75) is 13.8 Å². The molecule has 1 nitrogen and oxygen atoms in total. The monoisotopic (exact) mass is 251 g/mol. The largest absolute Gasteiger partial charge is 0.382 e. The Labute approximate surface area is 99.4 Å². The van der Waals surface area contributed by atoms with Crippen LogP contribution in [0.3, 0.4) is 0 Å². The zero-order valence-corrected chi connectivity index (χ0v) is 10.3. The van der Waals surface area contributed by atoms with E-state index in [-0.39, 0.29) is 0 Å². The number of hydrogen-bond donors (Lipinski definition) is 1. The minimum Gasteiger partial charge on any atom is -0.382 e. The van der Waals surface area contributed by atoms with Crippen LogP contribution in [0, 0.1) is 5.92 Å². The van der Waals surface area contributed by atoms with Gasteiger partial charge in [0.2, 0.25) is 0 Å². The maximum atomic E-state index is 5.99. The van der Waals surface area contributed by atoms with Gasteiger partial charge in [0.15, 0.2) is 0 Å². The van der Waals surface area contributed by atoms with E-state index in [1.54, 1.807) is 12.1 Å². The maximum absolute atomic E-state index is 5.99. The van der Waals surface area contributed by atoms with Crippen LogP contribution in [0.4, 0.5) is 5.69 Å². The van der Waals surface area contributed by atoms with E-state index in [0.29, 0.717) is 21.0 Å². The van der Waals surface area contributed by atoms with E-state index in [1.807, 2.05) is 0 Å². The molecule has 0 atom stereocenters. The fraction of sp³-hybridized carbons (Fsp3) is 0.400. The minimum atomic E-state index is 0.540. The van der Waals surface area contributed by atoms with Gasteiger partial charge < -0.3 is 5.32 Å². The molecular formula is C10H12Cl3N. The highest BCUT2D eigenvalue weighted by Crippen LogP contribution is 2.33. The summed E-state index contributed by atoms with van der Waals surface area (Å²) in [5.74, 6) is 0.540. The smallest absolute Gasteiger partial charge is 0.0720 e. The second-order valence-electron chi connectivity index (χ2n) is 3.52. The van der Waals surface area contributed by atoms with Crippen molar-refractivity contribution in [1.82, 2.24) is 0 Å². The molecule has 4 heteroatoms. The lowest BCUT2D eigenvalue weighted by Crippen LogP contribution is -2.08. The van der Waals surface area contributed by atoms with Gasteiger partial charge in [-0.2, -0.15) is 0 Å². The van der Waals surface area contributed by atoms with Crippen molar-refractivity contribution in [2.24, 2.45) is 5.92 Å². The number of nitrogens with one attached hydrogen (secondary N) is 1. The van der Waals surface area contributed by atoms with Crippen LogP contribution in [-0.2, 0) is 0 Å². The average molecular weight is 253 g/mol. The van der Waals surface area contributed by atoms with Gasteiger partial charge in [0, 0.05) is 11.6 Å². The van der Waals surface area contributed by atoms with Gasteiger partial charge in [-0.05, 0) is 18.1 Å². The van der Waals surface area contributed by atoms with Crippen molar-refractivity contribution in [2.75, 3.05) is 11.9 Å². The third-order valence-electron chi connectivity index (χ3n) is 1.69. The molecule has 0 saturated heterocycles. The van der Waals surface area contributed by atoms with E-state index >= 15 is 0 Å². The summed E-state index contributed by atoms with van der Waals surface area (Å²) in [4.78, 5) is 0. The van der Waals surface area contributed by atoms with E-state index in [2.05, 4.69) is 19.2 Å². The van der Waals surface area contributed by atoms with Gasteiger partial charge in [-0.1, -0.05) is 48.7 Å². The van der Waals surface area contributed by atoms with Gasteiger partial charge in [-0.3, -0.25) is 0 Å². The molecule has 0 amide bonds. The van der Waals surface area contributed by atoms with Crippen LogP contribution in [0.1, 0.15) is 13.8 Å². The molecule has 1 aromatic rings. The normalized spacial score (nSPS) is 10.7. The van der Waals surface area contributed by atoms with Gasteiger partial charge in [-0.15, -0.1) is 0 Å². The zero-order chi connectivity index (χ0) is 10.7. The first-order valence-electron chi connectivity index (χ1n) is 4.39. The molecule has 1 aromatic carbocycles. The molecule has 0 spiro atoms. The molecule has 0 radical (unpaired) electrons. The number of anilines is 1. The summed E-state index contributed by atoms with van der Waals surface area (Å²) in [5, 5.41) is 4.85. The first-order chi connectivity index (χ1) is 6.50. The standard InChI is InChI=1S/C10H12Cl3N/c1-6(2)5-14-10-8(12)3-7(11)4-9(10)13/h3-4,6,14H,5H2,1-2H3. The molecule has 0 aliphatic heterocycles. The molecular weight excluding hydrogens is 240 g/mol. The molecule has 0 aliphatic carbocycles. The SMILES string of the molecule is CC(C)CNc1c(Cl)cc(Cl)cc1Cl. The Hall–Kier alpha value is -0.110. The van der Waals surface area contributed by atoms with Gasteiger partial charge >= 0.3 is 0 Å². The number of halogens is 3. The van der Waals surface area contributed by atoms with Crippen molar-refractivity contribution in [3.63, 3.8) is 0 Å². The Bertz CT molecular complexity index is 300. The number of benzene rings is 1. The maximum Gasteiger partial charge on any atom is 0.0720 e. The van der Waals surface area contributed by atoms with Crippen LogP contribution < -0.4 is 5.32 Å². The summed E-state index contributed by atoms with van der Waals surface area (Å²) < 4.78 is 0. The highest BCUT2D eigenvalue weighted by molar-refractivity contribution is 6.41. The average Bonchev–Trinajstić information content (AvgIpc) is 2.01. The molecule has 1 rings (SSSR count). The predicted octanol–water partition coefficient (Wildman–Crippen LogP) is 4.71. The second kappa shape index (κ2) is 5.11. The van der Waals surface area contributed by atoms with Crippen LogP contribution >= 0.6 is 34.8 Å². The molecule has 1 N–H and O–H groups in total. The van der Waals surface area contributed by atoms with E-state index in [9.17, 15) is 0 Å². The summed E-state index contributed by atoms with van der Waals surface area (Å²) in [6.45, 7) is 5.07. The van der Waals surface area contributed by atoms with Gasteiger partial charge in [-0.25, -0.2) is 0 Å². The molecule has 0 aliphatic rings. The minimum absolute atomic E-state index is 0.540. The molecule has 0 bridgehead atoms. The van der Waals surface area contributed by atoms with Crippen LogP contribution in [0.25, 0.3) is 0 Å². The van der Waals surface area contributed by atoms with Gasteiger partial charge in [0.1, 0.15) is 0 Å². The Balaban J connectivity index is 2.86. The van der Waals surface area contributed by atoms with E-state index in [0.717, 1.165) is 12.2 Å². The highest BCUT2D eigenvalue weighted by Gasteiger charge is 2.07. The molecule has 0 heterocycles. The third kappa shape index (κ3) is 3.23. The van der Waals surface area contributed by atoms with E-state index < -0.39 is 0 Å². The Morgan fingerprint density at radius 1 is 1.14 bits per heavy atom. The first kappa shape index (κ1) is 12.0. The predicted molar refractivity (Wildman–Crippen MR) is 64.8 cm³/mol. The molecule has 0 aromatic heterocycles. The molecule has 0 unspecified atom stereocenters. The summed E-state index contributed by atoms with van der Waals surface area (Å²) in [5.41, 5.74) is 0.756. The second-order valence-corrected chi connectivity index (χ2v) is 4.77. The Kier molecular flexibility index (Phi) is 4.36. The summed E-state index contributed by atoms with van der Waals surface area (Å²) >= 11 is 17.8. The van der Waals surface area contributed by atoms with Crippen molar-refractivity contribution in [3.05, 3.63) is 27.2 Å². The van der Waals surface area contributed by atoms with Gasteiger partial charge in [0.25, 0.3) is 0 Å². The quantitative estimate of drug-likeness (QED) is 0.821. The summed E-state index contributed by atoms with van der Waals surface area (Å²) in [6.07, 6.45) is 0. The topological polar surface area (TPSA) is 12.0 Å². The first-order valence-corrected chi connectivity index (χ1v) is 5.52. The fourth-order valence-corrected chi connectivity index (χ4v) is 1.97. The van der Waals surface area contributed by atoms with Crippen LogP contribution in [0.15, 0.2) is 12.1 Å². The van der Waals surface area contributed by atoms with Crippen molar-refractivity contribution in [1.29, 1.82) is 0 Å². The lowest BCUT2D eigenvalue weighted by molar-refractivity contribution is 0.689. The third-order valence-corrected chi connectivity index (χ3v) is 2.51. The van der Waals surface area contributed by atoms with Crippen LogP contribution in [0.5, 0.6) is 0 Å². The van der Waals surface area contributed by atoms with E-state index in [4.69, 9.17) is 34.8 Å². The lowest BCUT2D eigenvalue weighted by atomic mass is 10.2. The molecule has 14 heavy (non-hydrogen) atoms. The Morgan fingerprint density at radius 2 is 1.64 bits per heavy atom. The van der Waals surface area contributed by atoms with Crippen molar-refractivity contribution in [3.8, 4) is 0 Å².